The van der Waals surface area contributed by atoms with Crippen molar-refractivity contribution in [2.45, 2.75) is 36.8 Å². The van der Waals surface area contributed by atoms with Crippen LogP contribution in [-0.4, -0.2) is 50.8 Å². The van der Waals surface area contributed by atoms with E-state index in [1.54, 1.807) is 23.5 Å². The highest BCUT2D eigenvalue weighted by molar-refractivity contribution is 7.10. The molecular weight excluding hydrogens is 474 g/mol. The maximum Gasteiger partial charge on any atom is 0.351 e. The average Bonchev–Trinajstić information content (AvgIpc) is 3.33. The van der Waals surface area contributed by atoms with Crippen LogP contribution in [-0.2, 0) is 11.2 Å². The second-order valence-corrected chi connectivity index (χ2v) is 9.62. The van der Waals surface area contributed by atoms with E-state index in [4.69, 9.17) is 22.1 Å². The normalized spacial score (nSPS) is 26.9. The van der Waals surface area contributed by atoms with Crippen LogP contribution in [0.25, 0.3) is 0 Å². The van der Waals surface area contributed by atoms with Gasteiger partial charge in [-0.15, -0.1) is 11.3 Å². The Morgan fingerprint density at radius 2 is 2.03 bits per heavy atom. The number of nitrogens with zero attached hydrogens (tertiary/aromatic N) is 3. The van der Waals surface area contributed by atoms with Gasteiger partial charge in [0, 0.05) is 29.2 Å². The zero-order chi connectivity index (χ0) is 23.3. The van der Waals surface area contributed by atoms with Crippen molar-refractivity contribution >= 4 is 28.8 Å². The van der Waals surface area contributed by atoms with Crippen molar-refractivity contribution in [3.8, 4) is 0 Å². The van der Waals surface area contributed by atoms with Crippen molar-refractivity contribution in [2.75, 3.05) is 18.8 Å². The standard InChI is InChI=1S/C22H21ClF2N4O3S/c23-13-3-1-12(2-4-13)18-14-7-10-33-16(14)5-8-28(18)11-15-19(30)22(24,25)20(32-15)29-9-6-17(26)27-21(29)31/h1-4,6-7,9-10,15,18-20,30H,5,8,11H2,(H2,26,27,31)/t15-,18?,19-,20-/m1/s1. The van der Waals surface area contributed by atoms with Gasteiger partial charge in [0.1, 0.15) is 18.0 Å². The molecule has 0 amide bonds. The first-order valence-electron chi connectivity index (χ1n) is 10.4. The topological polar surface area (TPSA) is 93.6 Å². The molecule has 3 aromatic rings. The molecule has 2 aliphatic heterocycles. The minimum Gasteiger partial charge on any atom is -0.384 e. The number of nitrogen functional groups attached to an aromatic ring is 1. The minimum atomic E-state index is -3.69. The van der Waals surface area contributed by atoms with Crippen molar-refractivity contribution in [1.82, 2.24) is 14.5 Å². The van der Waals surface area contributed by atoms with Gasteiger partial charge in [0.15, 0.2) is 0 Å². The highest BCUT2D eigenvalue weighted by atomic mass is 35.5. The molecule has 1 unspecified atom stereocenters. The summed E-state index contributed by atoms with van der Waals surface area (Å²) in [6.45, 7) is 0.653. The number of benzene rings is 1. The quantitative estimate of drug-likeness (QED) is 0.579. The van der Waals surface area contributed by atoms with E-state index in [1.807, 2.05) is 28.5 Å². The summed E-state index contributed by atoms with van der Waals surface area (Å²) in [7, 11) is 0. The number of thiophene rings is 1. The summed E-state index contributed by atoms with van der Waals surface area (Å²) >= 11 is 7.73. The number of nitrogens with two attached hydrogens (primary N) is 1. The highest BCUT2D eigenvalue weighted by Crippen LogP contribution is 2.44. The summed E-state index contributed by atoms with van der Waals surface area (Å²) in [6.07, 6.45) is -3.42. The summed E-state index contributed by atoms with van der Waals surface area (Å²) < 4.78 is 36.3. The molecule has 0 bridgehead atoms. The molecule has 0 spiro atoms. The second kappa shape index (κ2) is 8.44. The van der Waals surface area contributed by atoms with Gasteiger partial charge in [-0.05, 0) is 47.2 Å². The van der Waals surface area contributed by atoms with Crippen LogP contribution in [0.4, 0.5) is 14.6 Å². The van der Waals surface area contributed by atoms with Crippen molar-refractivity contribution in [3.63, 3.8) is 0 Å². The van der Waals surface area contributed by atoms with Crippen molar-refractivity contribution in [2.24, 2.45) is 0 Å². The lowest BCUT2D eigenvalue weighted by Crippen LogP contribution is -2.46. The molecule has 0 aliphatic carbocycles. The predicted molar refractivity (Wildman–Crippen MR) is 121 cm³/mol. The van der Waals surface area contributed by atoms with Gasteiger partial charge in [0.25, 0.3) is 0 Å². The van der Waals surface area contributed by atoms with Crippen LogP contribution in [0, 0.1) is 0 Å². The largest absolute Gasteiger partial charge is 0.384 e. The van der Waals surface area contributed by atoms with Gasteiger partial charge in [0.2, 0.25) is 6.23 Å². The zero-order valence-corrected chi connectivity index (χ0v) is 18.8. The number of rotatable bonds is 4. The number of alkyl halides is 2. The minimum absolute atomic E-state index is 0.0486. The maximum atomic E-state index is 15.0. The first kappa shape index (κ1) is 22.4. The third-order valence-corrected chi connectivity index (χ3v) is 7.40. The maximum absolute atomic E-state index is 15.0. The molecule has 2 aliphatic rings. The summed E-state index contributed by atoms with van der Waals surface area (Å²) in [5.74, 6) is -3.77. The fraction of sp³-hybridized carbons (Fsp3) is 0.364. The van der Waals surface area contributed by atoms with E-state index in [0.717, 1.165) is 23.7 Å². The Morgan fingerprint density at radius 3 is 2.76 bits per heavy atom. The molecular formula is C22H21ClF2N4O3S. The smallest absolute Gasteiger partial charge is 0.351 e. The first-order valence-corrected chi connectivity index (χ1v) is 11.6. The monoisotopic (exact) mass is 494 g/mol. The number of ether oxygens (including phenoxy) is 1. The van der Waals surface area contributed by atoms with Crippen molar-refractivity contribution < 1.29 is 18.6 Å². The summed E-state index contributed by atoms with van der Waals surface area (Å²) in [5, 5.41) is 13.1. The molecule has 2 aromatic heterocycles. The van der Waals surface area contributed by atoms with Gasteiger partial charge in [-0.1, -0.05) is 23.7 Å². The lowest BCUT2D eigenvalue weighted by atomic mass is 9.92. The summed E-state index contributed by atoms with van der Waals surface area (Å²) in [6, 6.07) is 10.5. The molecule has 3 N–H and O–H groups in total. The molecule has 174 valence electrons. The van der Waals surface area contributed by atoms with Crippen LogP contribution in [0.15, 0.2) is 52.8 Å². The van der Waals surface area contributed by atoms with Crippen LogP contribution in [0.2, 0.25) is 5.02 Å². The number of aliphatic hydroxyl groups is 1. The van der Waals surface area contributed by atoms with Gasteiger partial charge in [0.05, 0.1) is 6.04 Å². The number of aliphatic hydroxyl groups excluding tert-OH is 1. The van der Waals surface area contributed by atoms with E-state index in [1.165, 1.54) is 10.9 Å². The average molecular weight is 495 g/mol. The van der Waals surface area contributed by atoms with E-state index in [9.17, 15) is 9.90 Å². The molecule has 1 aromatic carbocycles. The lowest BCUT2D eigenvalue weighted by Gasteiger charge is -2.38. The Hall–Kier alpha value is -2.37. The van der Waals surface area contributed by atoms with E-state index in [-0.39, 0.29) is 18.4 Å². The molecule has 4 atom stereocenters. The second-order valence-electron chi connectivity index (χ2n) is 8.19. The number of fused-ring (bicyclic) bond motifs is 1. The fourth-order valence-electron chi connectivity index (χ4n) is 4.55. The molecule has 33 heavy (non-hydrogen) atoms. The van der Waals surface area contributed by atoms with Crippen LogP contribution in [0.5, 0.6) is 0 Å². The van der Waals surface area contributed by atoms with E-state index >= 15 is 8.78 Å². The summed E-state index contributed by atoms with van der Waals surface area (Å²) in [5.41, 5.74) is 6.57. The van der Waals surface area contributed by atoms with Gasteiger partial charge in [-0.25, -0.2) is 4.79 Å². The van der Waals surface area contributed by atoms with Gasteiger partial charge in [-0.2, -0.15) is 13.8 Å². The van der Waals surface area contributed by atoms with E-state index in [2.05, 4.69) is 4.98 Å². The molecule has 4 heterocycles. The molecule has 7 nitrogen and oxygen atoms in total. The van der Waals surface area contributed by atoms with Crippen LogP contribution < -0.4 is 11.4 Å². The van der Waals surface area contributed by atoms with Crippen molar-refractivity contribution in [1.29, 1.82) is 0 Å². The van der Waals surface area contributed by atoms with Gasteiger partial charge in [-0.3, -0.25) is 9.47 Å². The van der Waals surface area contributed by atoms with Crippen LogP contribution in [0.3, 0.4) is 0 Å². The van der Waals surface area contributed by atoms with E-state index in [0.29, 0.717) is 16.1 Å². The Morgan fingerprint density at radius 1 is 1.27 bits per heavy atom. The third-order valence-electron chi connectivity index (χ3n) is 6.15. The Balaban J connectivity index is 1.45. The lowest BCUT2D eigenvalue weighted by molar-refractivity contribution is -0.140. The molecule has 0 radical (unpaired) electrons. The number of hydrogen-bond donors (Lipinski definition) is 2. The molecule has 5 rings (SSSR count). The number of anilines is 1. The molecule has 11 heteroatoms. The Labute approximate surface area is 197 Å². The Kier molecular flexibility index (Phi) is 5.74. The number of halogens is 3. The summed E-state index contributed by atoms with van der Waals surface area (Å²) in [4.78, 5) is 18.9. The highest BCUT2D eigenvalue weighted by Gasteiger charge is 2.60. The molecule has 1 fully saturated rings. The van der Waals surface area contributed by atoms with Gasteiger partial charge < -0.3 is 15.6 Å². The fourth-order valence-corrected chi connectivity index (χ4v) is 5.58. The van der Waals surface area contributed by atoms with Crippen LogP contribution in [0.1, 0.15) is 28.3 Å². The Bertz CT molecular complexity index is 1220. The zero-order valence-electron chi connectivity index (χ0n) is 17.3. The molecule has 1 saturated heterocycles. The van der Waals surface area contributed by atoms with Crippen molar-refractivity contribution in [3.05, 3.63) is 79.5 Å². The SMILES string of the molecule is Nc1ccn([C@@H]2O[C@H](CN3CCc4sccc4C3c3ccc(Cl)cc3)[C@@H](O)C2(F)F)c(=O)n1. The number of hydrogen-bond acceptors (Lipinski definition) is 7. The first-order chi connectivity index (χ1) is 15.8. The van der Waals surface area contributed by atoms with Crippen LogP contribution >= 0.6 is 22.9 Å². The molecule has 0 saturated carbocycles. The van der Waals surface area contributed by atoms with Gasteiger partial charge >= 0.3 is 11.6 Å². The number of aromatic nitrogens is 2. The third kappa shape index (κ3) is 3.95. The predicted octanol–water partition coefficient (Wildman–Crippen LogP) is 3.08. The van der Waals surface area contributed by atoms with E-state index < -0.39 is 30.0 Å².